The quantitative estimate of drug-likeness (QED) is 0.635. The first-order valence-corrected chi connectivity index (χ1v) is 3.56. The molecule has 0 aliphatic carbocycles. The maximum atomic E-state index is 5.11. The lowest BCUT2D eigenvalue weighted by Gasteiger charge is -1.89. The molecule has 60 valence electrons. The summed E-state index contributed by atoms with van der Waals surface area (Å²) in [6.45, 7) is 1.86. The average Bonchev–Trinajstić information content (AvgIpc) is 2.54. The molecule has 0 aromatic carbocycles. The lowest BCUT2D eigenvalue weighted by atomic mass is 10.5. The van der Waals surface area contributed by atoms with Crippen molar-refractivity contribution in [2.75, 3.05) is 0 Å². The fourth-order valence-corrected chi connectivity index (χ4v) is 0.866. The Hall–Kier alpha value is -1.71. The third-order valence-corrected chi connectivity index (χ3v) is 1.38. The molecule has 2 aromatic rings. The van der Waals surface area contributed by atoms with E-state index in [1.165, 1.54) is 0 Å². The number of rotatable bonds is 1. The van der Waals surface area contributed by atoms with Crippen LogP contribution in [0.2, 0.25) is 0 Å². The van der Waals surface area contributed by atoms with Crippen LogP contribution in [0.25, 0.3) is 11.7 Å². The number of aryl methyl sites for hydroxylation is 1. The summed E-state index contributed by atoms with van der Waals surface area (Å²) >= 11 is 0. The lowest BCUT2D eigenvalue weighted by molar-refractivity contribution is 0.568. The largest absolute Gasteiger partial charge is 0.442 e. The van der Waals surface area contributed by atoms with Crippen LogP contribution in [0.3, 0.4) is 0 Å². The molecular weight excluding hydrogens is 154 g/mol. The maximum absolute atomic E-state index is 5.11. The Morgan fingerprint density at radius 3 is 2.58 bits per heavy atom. The van der Waals surface area contributed by atoms with Crippen molar-refractivity contribution >= 4 is 0 Å². The molecule has 2 aromatic heterocycles. The van der Waals surface area contributed by atoms with E-state index in [9.17, 15) is 0 Å². The summed E-state index contributed by atoms with van der Waals surface area (Å²) in [6, 6.07) is 1.75. The molecular formula is C8H7N3O. The van der Waals surface area contributed by atoms with Gasteiger partial charge in [-0.15, -0.1) is 0 Å². The SMILES string of the molecule is Cc1coc(-c2ncccn2)n1. The summed E-state index contributed by atoms with van der Waals surface area (Å²) in [5.41, 5.74) is 0.831. The van der Waals surface area contributed by atoms with E-state index in [0.29, 0.717) is 11.7 Å². The first-order chi connectivity index (χ1) is 5.86. The van der Waals surface area contributed by atoms with E-state index >= 15 is 0 Å². The van der Waals surface area contributed by atoms with Crippen LogP contribution in [0, 0.1) is 6.92 Å². The molecule has 0 fully saturated rings. The zero-order valence-corrected chi connectivity index (χ0v) is 6.56. The molecule has 2 heterocycles. The van der Waals surface area contributed by atoms with Crippen LogP contribution in [-0.2, 0) is 0 Å². The van der Waals surface area contributed by atoms with E-state index in [1.807, 2.05) is 6.92 Å². The minimum absolute atomic E-state index is 0.466. The molecule has 4 heteroatoms. The van der Waals surface area contributed by atoms with Crippen molar-refractivity contribution in [2.45, 2.75) is 6.92 Å². The molecule has 0 bridgehead atoms. The number of oxazole rings is 1. The zero-order chi connectivity index (χ0) is 8.39. The summed E-state index contributed by atoms with van der Waals surface area (Å²) in [5.74, 6) is 0.985. The highest BCUT2D eigenvalue weighted by atomic mass is 16.3. The molecule has 0 radical (unpaired) electrons. The van der Waals surface area contributed by atoms with Crippen LogP contribution >= 0.6 is 0 Å². The van der Waals surface area contributed by atoms with Crippen molar-refractivity contribution in [1.29, 1.82) is 0 Å². The molecule has 0 N–H and O–H groups in total. The molecule has 0 unspecified atom stereocenters. The lowest BCUT2D eigenvalue weighted by Crippen LogP contribution is -1.86. The van der Waals surface area contributed by atoms with Gasteiger partial charge in [-0.05, 0) is 13.0 Å². The predicted molar refractivity (Wildman–Crippen MR) is 42.3 cm³/mol. The molecule has 0 atom stereocenters. The van der Waals surface area contributed by atoms with E-state index in [-0.39, 0.29) is 0 Å². The van der Waals surface area contributed by atoms with E-state index < -0.39 is 0 Å². The Labute approximate surface area is 69.3 Å². The molecule has 0 saturated carbocycles. The monoisotopic (exact) mass is 161 g/mol. The van der Waals surface area contributed by atoms with E-state index in [0.717, 1.165) is 5.69 Å². The van der Waals surface area contributed by atoms with Gasteiger partial charge in [-0.3, -0.25) is 0 Å². The van der Waals surface area contributed by atoms with Gasteiger partial charge in [0.05, 0.1) is 5.69 Å². The maximum Gasteiger partial charge on any atom is 0.265 e. The van der Waals surface area contributed by atoms with Crippen LogP contribution in [0.5, 0.6) is 0 Å². The van der Waals surface area contributed by atoms with Crippen LogP contribution in [0.4, 0.5) is 0 Å². The number of aromatic nitrogens is 3. The van der Waals surface area contributed by atoms with Gasteiger partial charge < -0.3 is 4.42 Å². The van der Waals surface area contributed by atoms with Crippen molar-refractivity contribution in [3.8, 4) is 11.7 Å². The molecule has 4 nitrogen and oxygen atoms in total. The summed E-state index contributed by atoms with van der Waals surface area (Å²) in [5, 5.41) is 0. The summed E-state index contributed by atoms with van der Waals surface area (Å²) in [7, 11) is 0. The van der Waals surface area contributed by atoms with Crippen LogP contribution in [-0.4, -0.2) is 15.0 Å². The van der Waals surface area contributed by atoms with Gasteiger partial charge in [0, 0.05) is 12.4 Å². The fraction of sp³-hybridized carbons (Fsp3) is 0.125. The third kappa shape index (κ3) is 1.18. The summed E-state index contributed by atoms with van der Waals surface area (Å²) in [6.07, 6.45) is 4.88. The topological polar surface area (TPSA) is 51.8 Å². The van der Waals surface area contributed by atoms with E-state index in [4.69, 9.17) is 4.42 Å². The highest BCUT2D eigenvalue weighted by molar-refractivity contribution is 5.38. The molecule has 0 spiro atoms. The van der Waals surface area contributed by atoms with E-state index in [2.05, 4.69) is 15.0 Å². The number of hydrogen-bond acceptors (Lipinski definition) is 4. The number of nitrogens with zero attached hydrogens (tertiary/aromatic N) is 3. The second-order valence-corrected chi connectivity index (χ2v) is 2.37. The predicted octanol–water partition coefficient (Wildman–Crippen LogP) is 1.44. The normalized spacial score (nSPS) is 10.1. The van der Waals surface area contributed by atoms with Gasteiger partial charge in [-0.25, -0.2) is 15.0 Å². The van der Waals surface area contributed by atoms with Crippen molar-refractivity contribution in [2.24, 2.45) is 0 Å². The Morgan fingerprint density at radius 1 is 1.25 bits per heavy atom. The average molecular weight is 161 g/mol. The molecule has 0 aliphatic heterocycles. The third-order valence-electron chi connectivity index (χ3n) is 1.38. The summed E-state index contributed by atoms with van der Waals surface area (Å²) in [4.78, 5) is 12.1. The molecule has 12 heavy (non-hydrogen) atoms. The van der Waals surface area contributed by atoms with E-state index in [1.54, 1.807) is 24.7 Å². The van der Waals surface area contributed by atoms with Crippen LogP contribution in [0.15, 0.2) is 29.1 Å². The van der Waals surface area contributed by atoms with Gasteiger partial charge in [0.15, 0.2) is 0 Å². The van der Waals surface area contributed by atoms with Gasteiger partial charge in [-0.1, -0.05) is 0 Å². The Bertz CT molecular complexity index is 369. The Balaban J connectivity index is 2.45. The van der Waals surface area contributed by atoms with Crippen molar-refractivity contribution in [1.82, 2.24) is 15.0 Å². The highest BCUT2D eigenvalue weighted by Gasteiger charge is 2.05. The van der Waals surface area contributed by atoms with Gasteiger partial charge >= 0.3 is 0 Å². The second-order valence-electron chi connectivity index (χ2n) is 2.37. The number of hydrogen-bond donors (Lipinski definition) is 0. The minimum Gasteiger partial charge on any atom is -0.442 e. The van der Waals surface area contributed by atoms with Gasteiger partial charge in [0.2, 0.25) is 5.82 Å². The highest BCUT2D eigenvalue weighted by Crippen LogP contribution is 2.11. The van der Waals surface area contributed by atoms with Gasteiger partial charge in [0.1, 0.15) is 6.26 Å². The first-order valence-electron chi connectivity index (χ1n) is 3.56. The Kier molecular flexibility index (Phi) is 1.59. The molecule has 0 amide bonds. The van der Waals surface area contributed by atoms with Crippen molar-refractivity contribution in [3.05, 3.63) is 30.4 Å². The van der Waals surface area contributed by atoms with Gasteiger partial charge in [0.25, 0.3) is 5.89 Å². The van der Waals surface area contributed by atoms with Crippen molar-refractivity contribution in [3.63, 3.8) is 0 Å². The first kappa shape index (κ1) is 6.97. The fourth-order valence-electron chi connectivity index (χ4n) is 0.866. The van der Waals surface area contributed by atoms with Crippen molar-refractivity contribution < 1.29 is 4.42 Å². The summed E-state index contributed by atoms with van der Waals surface area (Å²) < 4.78 is 5.11. The smallest absolute Gasteiger partial charge is 0.265 e. The minimum atomic E-state index is 0.466. The standard InChI is InChI=1S/C8H7N3O/c1-6-5-12-8(11-6)7-9-3-2-4-10-7/h2-5H,1H3. The molecule has 2 rings (SSSR count). The second kappa shape index (κ2) is 2.73. The van der Waals surface area contributed by atoms with Crippen LogP contribution < -0.4 is 0 Å². The molecule has 0 aliphatic rings. The van der Waals surface area contributed by atoms with Crippen LogP contribution in [0.1, 0.15) is 5.69 Å². The van der Waals surface area contributed by atoms with Gasteiger partial charge in [-0.2, -0.15) is 0 Å². The zero-order valence-electron chi connectivity index (χ0n) is 6.56. The molecule has 0 saturated heterocycles. The Morgan fingerprint density at radius 2 is 2.00 bits per heavy atom.